The number of allylic oxidation sites excluding steroid dienone is 2. The van der Waals surface area contributed by atoms with E-state index in [4.69, 9.17) is 4.74 Å². The summed E-state index contributed by atoms with van der Waals surface area (Å²) in [5, 5.41) is 0. The quantitative estimate of drug-likeness (QED) is 0.413. The van der Waals surface area contributed by atoms with Gasteiger partial charge in [-0.05, 0) is 82.5 Å². The van der Waals surface area contributed by atoms with Crippen LogP contribution in [0.2, 0.25) is 0 Å². The van der Waals surface area contributed by atoms with E-state index >= 15 is 0 Å². The minimum atomic E-state index is -0.365. The molecule has 4 rings (SSSR count). The summed E-state index contributed by atoms with van der Waals surface area (Å²) in [6.45, 7) is 8.11. The van der Waals surface area contributed by atoms with Gasteiger partial charge in [-0.2, -0.15) is 0 Å². The number of fused-ring (bicyclic) bond motifs is 9. The Kier molecular flexibility index (Phi) is 2.39. The summed E-state index contributed by atoms with van der Waals surface area (Å²) in [6, 6.07) is 0. The second kappa shape index (κ2) is 3.69. The van der Waals surface area contributed by atoms with Gasteiger partial charge in [0.2, 0.25) is 0 Å². The molecular weight excluding hydrogens is 248 g/mol. The van der Waals surface area contributed by atoms with Crippen molar-refractivity contribution in [3.05, 3.63) is 12.2 Å². The van der Waals surface area contributed by atoms with Gasteiger partial charge in [-0.3, -0.25) is 4.79 Å². The predicted octanol–water partition coefficient (Wildman–Crippen LogP) is 3.81. The van der Waals surface area contributed by atoms with Crippen molar-refractivity contribution in [3.8, 4) is 0 Å². The summed E-state index contributed by atoms with van der Waals surface area (Å²) in [7, 11) is 0. The lowest BCUT2D eigenvalue weighted by molar-refractivity contribution is -0.172. The molecule has 3 saturated carbocycles. The smallest absolute Gasteiger partial charge is 0.312 e. The highest BCUT2D eigenvalue weighted by Crippen LogP contribution is 2.70. The van der Waals surface area contributed by atoms with E-state index in [0.29, 0.717) is 5.92 Å². The Morgan fingerprint density at radius 3 is 2.45 bits per heavy atom. The zero-order valence-electron chi connectivity index (χ0n) is 13.1. The molecule has 2 nitrogen and oxygen atoms in total. The van der Waals surface area contributed by atoms with Crippen LogP contribution in [0.1, 0.15) is 47.0 Å². The van der Waals surface area contributed by atoms with Crippen LogP contribution in [0.3, 0.4) is 0 Å². The second-order valence-electron chi connectivity index (χ2n) is 8.83. The molecule has 0 heterocycles. The van der Waals surface area contributed by atoms with Gasteiger partial charge in [-0.1, -0.05) is 12.2 Å². The third-order valence-corrected chi connectivity index (χ3v) is 6.52. The maximum atomic E-state index is 12.7. The number of rotatable bonds is 1. The number of ether oxygens (including phenoxy) is 1. The molecule has 0 aromatic carbocycles. The van der Waals surface area contributed by atoms with Crippen LogP contribution in [0.25, 0.3) is 0 Å². The van der Waals surface area contributed by atoms with Gasteiger partial charge in [0.15, 0.2) is 0 Å². The molecule has 0 aliphatic heterocycles. The molecule has 0 saturated heterocycles. The van der Waals surface area contributed by atoms with E-state index in [1.54, 1.807) is 0 Å². The van der Waals surface area contributed by atoms with Gasteiger partial charge in [0.25, 0.3) is 0 Å². The zero-order valence-corrected chi connectivity index (χ0v) is 13.1. The third kappa shape index (κ3) is 1.54. The van der Waals surface area contributed by atoms with E-state index < -0.39 is 0 Å². The minimum absolute atomic E-state index is 0.0581. The number of carbonyl (C=O) groups excluding carboxylic acids is 1. The molecule has 4 bridgehead atoms. The van der Waals surface area contributed by atoms with Crippen molar-refractivity contribution in [1.29, 1.82) is 0 Å². The van der Waals surface area contributed by atoms with Gasteiger partial charge in [0.1, 0.15) is 5.60 Å². The number of hydrogen-bond acceptors (Lipinski definition) is 2. The van der Waals surface area contributed by atoms with Crippen LogP contribution in [-0.2, 0) is 9.53 Å². The van der Waals surface area contributed by atoms with Gasteiger partial charge in [0, 0.05) is 0 Å². The summed E-state index contributed by atoms with van der Waals surface area (Å²) < 4.78 is 5.75. The fraction of sp³-hybridized carbons (Fsp3) is 0.833. The van der Waals surface area contributed by atoms with Crippen molar-refractivity contribution in [2.45, 2.75) is 52.6 Å². The first kappa shape index (κ1) is 12.9. The maximum Gasteiger partial charge on any atom is 0.312 e. The lowest BCUT2D eigenvalue weighted by atomic mass is 9.63. The standard InChI is InChI=1S/C18H26O2/c1-17(2,3)20-16(19)18(4)9-12-8-13(18)15-11-6-5-10(7-11)14(12)15/h5-6,10-15H,7-9H2,1-4H3/t10-,11+,12+,13+,14+,15-,18+/m1/s1. The number of carbonyl (C=O) groups is 1. The topological polar surface area (TPSA) is 26.3 Å². The van der Waals surface area contributed by atoms with E-state index in [1.807, 2.05) is 20.8 Å². The fourth-order valence-electron chi connectivity index (χ4n) is 6.00. The van der Waals surface area contributed by atoms with Crippen LogP contribution in [0.5, 0.6) is 0 Å². The van der Waals surface area contributed by atoms with Gasteiger partial charge in [-0.15, -0.1) is 0 Å². The van der Waals surface area contributed by atoms with E-state index in [9.17, 15) is 4.79 Å². The molecule has 0 radical (unpaired) electrons. The molecule has 0 unspecified atom stereocenters. The van der Waals surface area contributed by atoms with E-state index in [0.717, 1.165) is 36.0 Å². The number of hydrogen-bond donors (Lipinski definition) is 0. The second-order valence-corrected chi connectivity index (χ2v) is 8.83. The van der Waals surface area contributed by atoms with E-state index in [1.165, 1.54) is 12.8 Å². The molecule has 4 aliphatic rings. The van der Waals surface area contributed by atoms with Crippen LogP contribution in [-0.4, -0.2) is 11.6 Å². The van der Waals surface area contributed by atoms with Crippen LogP contribution >= 0.6 is 0 Å². The predicted molar refractivity (Wildman–Crippen MR) is 77.9 cm³/mol. The van der Waals surface area contributed by atoms with Crippen LogP contribution in [0.4, 0.5) is 0 Å². The maximum absolute atomic E-state index is 12.7. The molecule has 4 aliphatic carbocycles. The summed E-state index contributed by atoms with van der Waals surface area (Å²) in [4.78, 5) is 12.7. The largest absolute Gasteiger partial charge is 0.460 e. The molecule has 3 fully saturated rings. The molecule has 7 atom stereocenters. The summed E-state index contributed by atoms with van der Waals surface area (Å²) in [5.74, 6) is 4.61. The lowest BCUT2D eigenvalue weighted by Gasteiger charge is -2.42. The average molecular weight is 274 g/mol. The highest BCUT2D eigenvalue weighted by Gasteiger charge is 2.67. The summed E-state index contributed by atoms with van der Waals surface area (Å²) in [6.07, 6.45) is 8.57. The van der Waals surface area contributed by atoms with Gasteiger partial charge in [-0.25, -0.2) is 0 Å². The van der Waals surface area contributed by atoms with Crippen molar-refractivity contribution in [2.24, 2.45) is 40.9 Å². The van der Waals surface area contributed by atoms with Crippen molar-refractivity contribution in [3.63, 3.8) is 0 Å². The molecular formula is C18H26O2. The average Bonchev–Trinajstić information content (AvgIpc) is 3.02. The van der Waals surface area contributed by atoms with Crippen molar-refractivity contribution >= 4 is 5.97 Å². The van der Waals surface area contributed by atoms with E-state index in [2.05, 4.69) is 19.1 Å². The summed E-state index contributed by atoms with van der Waals surface area (Å²) >= 11 is 0. The summed E-state index contributed by atoms with van der Waals surface area (Å²) in [5.41, 5.74) is -0.590. The normalized spacial score (nSPS) is 51.6. The molecule has 20 heavy (non-hydrogen) atoms. The first-order chi connectivity index (χ1) is 9.29. The van der Waals surface area contributed by atoms with Crippen LogP contribution < -0.4 is 0 Å². The highest BCUT2D eigenvalue weighted by atomic mass is 16.6. The Bertz CT molecular complexity index is 486. The van der Waals surface area contributed by atoms with Gasteiger partial charge < -0.3 is 4.74 Å². The lowest BCUT2D eigenvalue weighted by Crippen LogP contribution is -2.45. The first-order valence-electron chi connectivity index (χ1n) is 8.21. The molecule has 0 aromatic heterocycles. The Balaban J connectivity index is 1.61. The van der Waals surface area contributed by atoms with Gasteiger partial charge >= 0.3 is 5.97 Å². The first-order valence-corrected chi connectivity index (χ1v) is 8.21. The monoisotopic (exact) mass is 274 g/mol. The Morgan fingerprint density at radius 1 is 1.15 bits per heavy atom. The molecule has 2 heteroatoms. The highest BCUT2D eigenvalue weighted by molar-refractivity contribution is 5.78. The zero-order chi connectivity index (χ0) is 14.3. The van der Waals surface area contributed by atoms with Crippen molar-refractivity contribution in [1.82, 2.24) is 0 Å². The SMILES string of the molecule is CC(C)(C)OC(=O)[C@@]1(C)C[C@@H]2C[C@H]1[C@@H]1[C@H]2[C@@H]2C=C[C@H]1C2. The third-order valence-electron chi connectivity index (χ3n) is 6.52. The van der Waals surface area contributed by atoms with Gasteiger partial charge in [0.05, 0.1) is 5.41 Å². The Hall–Kier alpha value is -0.790. The fourth-order valence-corrected chi connectivity index (χ4v) is 6.00. The molecule has 0 aromatic rings. The number of esters is 1. The van der Waals surface area contributed by atoms with E-state index in [-0.39, 0.29) is 17.0 Å². The van der Waals surface area contributed by atoms with Crippen LogP contribution in [0.15, 0.2) is 12.2 Å². The Morgan fingerprint density at radius 2 is 1.80 bits per heavy atom. The molecule has 0 amide bonds. The van der Waals surface area contributed by atoms with Crippen LogP contribution in [0, 0.1) is 40.9 Å². The van der Waals surface area contributed by atoms with Crippen molar-refractivity contribution < 1.29 is 9.53 Å². The Labute approximate surface area is 122 Å². The van der Waals surface area contributed by atoms with Crippen molar-refractivity contribution in [2.75, 3.05) is 0 Å². The molecule has 0 N–H and O–H groups in total. The molecule has 110 valence electrons. The molecule has 0 spiro atoms. The minimum Gasteiger partial charge on any atom is -0.460 e.